The van der Waals surface area contributed by atoms with Crippen molar-refractivity contribution >= 4 is 18.0 Å². The number of carbonyl (C=O) groups is 3. The van der Waals surface area contributed by atoms with E-state index in [1.807, 2.05) is 50.2 Å². The Bertz CT molecular complexity index is 913. The molecule has 2 atom stereocenters. The van der Waals surface area contributed by atoms with Crippen molar-refractivity contribution in [3.8, 4) is 11.1 Å². The lowest BCUT2D eigenvalue weighted by Gasteiger charge is -2.21. The van der Waals surface area contributed by atoms with Gasteiger partial charge >= 0.3 is 12.1 Å². The van der Waals surface area contributed by atoms with E-state index < -0.39 is 30.6 Å². The first-order chi connectivity index (χ1) is 14.9. The number of hydrogen-bond donors (Lipinski definition) is 3. The molecular formula is C24H28N2O5. The van der Waals surface area contributed by atoms with Gasteiger partial charge in [0, 0.05) is 5.92 Å². The Morgan fingerprint density at radius 1 is 1.03 bits per heavy atom. The number of rotatable bonds is 9. The average Bonchev–Trinajstić information content (AvgIpc) is 3.09. The quantitative estimate of drug-likeness (QED) is 0.571. The second-order valence-corrected chi connectivity index (χ2v) is 7.88. The molecule has 2 unspecified atom stereocenters. The van der Waals surface area contributed by atoms with Crippen LogP contribution in [0.4, 0.5) is 4.79 Å². The fourth-order valence-corrected chi connectivity index (χ4v) is 3.87. The summed E-state index contributed by atoms with van der Waals surface area (Å²) in [7, 11) is 0. The molecule has 0 spiro atoms. The number of carboxylic acids is 1. The zero-order chi connectivity index (χ0) is 22.4. The Morgan fingerprint density at radius 2 is 1.61 bits per heavy atom. The minimum absolute atomic E-state index is 0.0768. The van der Waals surface area contributed by atoms with Gasteiger partial charge in [0.2, 0.25) is 5.91 Å². The molecule has 0 bridgehead atoms. The Balaban J connectivity index is 1.66. The normalized spacial score (nSPS) is 14.1. The number of fused-ring (bicyclic) bond motifs is 3. The highest BCUT2D eigenvalue weighted by atomic mass is 16.5. The molecule has 0 saturated carbocycles. The third kappa shape index (κ3) is 5.42. The molecule has 2 aromatic carbocycles. The van der Waals surface area contributed by atoms with Crippen molar-refractivity contribution in [2.75, 3.05) is 13.2 Å². The zero-order valence-corrected chi connectivity index (χ0v) is 17.8. The van der Waals surface area contributed by atoms with Crippen molar-refractivity contribution in [1.82, 2.24) is 10.6 Å². The molecule has 3 N–H and O–H groups in total. The predicted molar refractivity (Wildman–Crippen MR) is 117 cm³/mol. The minimum Gasteiger partial charge on any atom is -0.480 e. The second-order valence-electron chi connectivity index (χ2n) is 7.88. The Hall–Kier alpha value is -3.35. The van der Waals surface area contributed by atoms with Crippen molar-refractivity contribution in [3.05, 3.63) is 59.7 Å². The number of benzene rings is 2. The number of aliphatic carboxylic acids is 1. The van der Waals surface area contributed by atoms with Crippen LogP contribution in [0.1, 0.15) is 43.7 Å². The summed E-state index contributed by atoms with van der Waals surface area (Å²) in [5.41, 5.74) is 4.48. The third-order valence-electron chi connectivity index (χ3n) is 5.70. The van der Waals surface area contributed by atoms with Crippen LogP contribution in [0.2, 0.25) is 0 Å². The van der Waals surface area contributed by atoms with Gasteiger partial charge in [-0.05, 0) is 34.6 Å². The van der Waals surface area contributed by atoms with E-state index in [4.69, 9.17) is 9.84 Å². The van der Waals surface area contributed by atoms with Gasteiger partial charge in [0.1, 0.15) is 19.2 Å². The van der Waals surface area contributed by atoms with Crippen molar-refractivity contribution in [1.29, 1.82) is 0 Å². The Kier molecular flexibility index (Phi) is 7.28. The van der Waals surface area contributed by atoms with Crippen molar-refractivity contribution in [2.24, 2.45) is 5.92 Å². The first-order valence-corrected chi connectivity index (χ1v) is 10.5. The van der Waals surface area contributed by atoms with E-state index >= 15 is 0 Å². The SMILES string of the molecule is CCC(C)CC(NC(=O)OCC1c2ccccc2-c2ccccc21)C(=O)NCC(=O)O. The van der Waals surface area contributed by atoms with Crippen LogP contribution in [0, 0.1) is 5.92 Å². The third-order valence-corrected chi connectivity index (χ3v) is 5.70. The summed E-state index contributed by atoms with van der Waals surface area (Å²) < 4.78 is 5.51. The van der Waals surface area contributed by atoms with E-state index in [0.717, 1.165) is 28.7 Å². The van der Waals surface area contributed by atoms with Crippen LogP contribution in [0.15, 0.2) is 48.5 Å². The Labute approximate surface area is 181 Å². The summed E-state index contributed by atoms with van der Waals surface area (Å²) in [6.07, 6.45) is 0.530. The molecule has 0 heterocycles. The van der Waals surface area contributed by atoms with Crippen molar-refractivity contribution in [2.45, 2.75) is 38.6 Å². The molecule has 2 amide bonds. The largest absolute Gasteiger partial charge is 0.480 e. The number of alkyl carbamates (subject to hydrolysis) is 1. The van der Waals surface area contributed by atoms with Gasteiger partial charge in [-0.2, -0.15) is 0 Å². The molecule has 7 heteroatoms. The first kappa shape index (κ1) is 22.3. The summed E-state index contributed by atoms with van der Waals surface area (Å²) in [6, 6.07) is 15.2. The maximum atomic E-state index is 12.5. The van der Waals surface area contributed by atoms with Crippen molar-refractivity contribution < 1.29 is 24.2 Å². The number of hydrogen-bond acceptors (Lipinski definition) is 4. The molecule has 164 valence electrons. The van der Waals surface area contributed by atoms with Gasteiger partial charge < -0.3 is 20.5 Å². The second kappa shape index (κ2) is 10.1. The molecule has 0 fully saturated rings. The molecule has 0 aliphatic heterocycles. The lowest BCUT2D eigenvalue weighted by molar-refractivity contribution is -0.138. The molecule has 1 aliphatic carbocycles. The van der Waals surface area contributed by atoms with Crippen LogP contribution < -0.4 is 10.6 Å². The zero-order valence-electron chi connectivity index (χ0n) is 17.8. The number of amides is 2. The lowest BCUT2D eigenvalue weighted by atomic mass is 9.98. The fourth-order valence-electron chi connectivity index (χ4n) is 3.87. The average molecular weight is 424 g/mol. The summed E-state index contributed by atoms with van der Waals surface area (Å²) in [4.78, 5) is 35.6. The van der Waals surface area contributed by atoms with Gasteiger partial charge in [0.05, 0.1) is 0 Å². The maximum Gasteiger partial charge on any atom is 0.407 e. The van der Waals surface area contributed by atoms with Gasteiger partial charge in [0.15, 0.2) is 0 Å². The fraction of sp³-hybridized carbons (Fsp3) is 0.375. The van der Waals surface area contributed by atoms with Gasteiger partial charge in [0.25, 0.3) is 0 Å². The predicted octanol–water partition coefficient (Wildman–Crippen LogP) is 3.53. The topological polar surface area (TPSA) is 105 Å². The first-order valence-electron chi connectivity index (χ1n) is 10.5. The molecule has 2 aromatic rings. The standard InChI is InChI=1S/C24H28N2O5/c1-3-15(2)12-21(23(29)25-13-22(27)28)26-24(30)31-14-20-18-10-6-4-8-16(18)17-9-5-7-11-19(17)20/h4-11,15,20-21H,3,12-14H2,1-2H3,(H,25,29)(H,26,30)(H,27,28). The number of carbonyl (C=O) groups excluding carboxylic acids is 2. The van der Waals surface area contributed by atoms with E-state index in [-0.39, 0.29) is 18.4 Å². The van der Waals surface area contributed by atoms with Crippen LogP contribution in [0.25, 0.3) is 11.1 Å². The summed E-state index contributed by atoms with van der Waals surface area (Å²) in [6.45, 7) is 3.61. The van der Waals surface area contributed by atoms with E-state index in [0.29, 0.717) is 6.42 Å². The van der Waals surface area contributed by atoms with Crippen LogP contribution in [-0.4, -0.2) is 42.3 Å². The van der Waals surface area contributed by atoms with Gasteiger partial charge in [-0.25, -0.2) is 4.79 Å². The smallest absolute Gasteiger partial charge is 0.407 e. The minimum atomic E-state index is -1.14. The molecule has 1 aliphatic rings. The number of nitrogens with one attached hydrogen (secondary N) is 2. The molecule has 7 nitrogen and oxygen atoms in total. The molecule has 0 aromatic heterocycles. The van der Waals surface area contributed by atoms with Crippen LogP contribution >= 0.6 is 0 Å². The van der Waals surface area contributed by atoms with Crippen LogP contribution in [0.5, 0.6) is 0 Å². The van der Waals surface area contributed by atoms with Crippen molar-refractivity contribution in [3.63, 3.8) is 0 Å². The molecule has 0 saturated heterocycles. The molecule has 31 heavy (non-hydrogen) atoms. The highest BCUT2D eigenvalue weighted by Crippen LogP contribution is 2.44. The molecular weight excluding hydrogens is 396 g/mol. The summed E-state index contributed by atoms with van der Waals surface area (Å²) in [5, 5.41) is 13.7. The van der Waals surface area contributed by atoms with Gasteiger partial charge in [-0.15, -0.1) is 0 Å². The highest BCUT2D eigenvalue weighted by molar-refractivity contribution is 5.88. The van der Waals surface area contributed by atoms with E-state index in [1.165, 1.54) is 0 Å². The Morgan fingerprint density at radius 3 is 2.16 bits per heavy atom. The van der Waals surface area contributed by atoms with Crippen LogP contribution in [0.3, 0.4) is 0 Å². The number of ether oxygens (including phenoxy) is 1. The number of carboxylic acid groups (broad SMARTS) is 1. The maximum absolute atomic E-state index is 12.5. The highest BCUT2D eigenvalue weighted by Gasteiger charge is 2.30. The van der Waals surface area contributed by atoms with Crippen LogP contribution in [-0.2, 0) is 14.3 Å². The van der Waals surface area contributed by atoms with E-state index in [2.05, 4.69) is 22.8 Å². The lowest BCUT2D eigenvalue weighted by Crippen LogP contribution is -2.48. The van der Waals surface area contributed by atoms with E-state index in [1.54, 1.807) is 0 Å². The monoisotopic (exact) mass is 424 g/mol. The molecule has 3 rings (SSSR count). The summed E-state index contributed by atoms with van der Waals surface area (Å²) >= 11 is 0. The van der Waals surface area contributed by atoms with Gasteiger partial charge in [-0.3, -0.25) is 9.59 Å². The molecule has 0 radical (unpaired) electrons. The van der Waals surface area contributed by atoms with E-state index in [9.17, 15) is 14.4 Å². The summed E-state index contributed by atoms with van der Waals surface area (Å²) in [5.74, 6) is -1.57. The van der Waals surface area contributed by atoms with Gasteiger partial charge in [-0.1, -0.05) is 68.8 Å².